The predicted molar refractivity (Wildman–Crippen MR) is 106 cm³/mol. The second-order valence-electron chi connectivity index (χ2n) is 7.28. The highest BCUT2D eigenvalue weighted by Crippen LogP contribution is 2.28. The van der Waals surface area contributed by atoms with Gasteiger partial charge in [-0.3, -0.25) is 4.79 Å². The molecule has 1 aliphatic rings. The van der Waals surface area contributed by atoms with Crippen LogP contribution in [0.1, 0.15) is 64.0 Å². The van der Waals surface area contributed by atoms with Crippen LogP contribution >= 0.6 is 0 Å². The van der Waals surface area contributed by atoms with E-state index in [1.807, 2.05) is 49.1 Å². The van der Waals surface area contributed by atoms with Gasteiger partial charge in [0, 0.05) is 12.2 Å². The van der Waals surface area contributed by atoms with E-state index in [1.165, 1.54) is 7.11 Å². The summed E-state index contributed by atoms with van der Waals surface area (Å²) in [6, 6.07) is 9.94. The van der Waals surface area contributed by atoms with Crippen molar-refractivity contribution >= 4 is 11.9 Å². The molecule has 2 atom stereocenters. The van der Waals surface area contributed by atoms with E-state index in [2.05, 4.69) is 4.98 Å². The minimum atomic E-state index is -0.409. The van der Waals surface area contributed by atoms with Gasteiger partial charge in [-0.05, 0) is 31.4 Å². The van der Waals surface area contributed by atoms with Crippen molar-refractivity contribution in [3.63, 3.8) is 0 Å². The minimum Gasteiger partial charge on any atom is -0.465 e. The first-order valence-electron chi connectivity index (χ1n) is 9.75. The number of morpholine rings is 1. The summed E-state index contributed by atoms with van der Waals surface area (Å²) in [6.07, 6.45) is 1.22. The highest BCUT2D eigenvalue weighted by atomic mass is 16.5. The Morgan fingerprint density at radius 1 is 1.25 bits per heavy atom. The van der Waals surface area contributed by atoms with Crippen molar-refractivity contribution in [1.29, 1.82) is 0 Å². The summed E-state index contributed by atoms with van der Waals surface area (Å²) in [6.45, 7) is 6.79. The molecule has 2 unspecified atom stereocenters. The van der Waals surface area contributed by atoms with E-state index in [9.17, 15) is 9.59 Å². The normalized spacial score (nSPS) is 19.5. The van der Waals surface area contributed by atoms with Gasteiger partial charge >= 0.3 is 5.97 Å². The summed E-state index contributed by atoms with van der Waals surface area (Å²) in [5.41, 5.74) is 3.43. The maximum atomic E-state index is 13.4. The Morgan fingerprint density at radius 2 is 1.96 bits per heavy atom. The molecule has 6 nitrogen and oxygen atoms in total. The molecule has 0 saturated carbocycles. The number of nitrogens with zero attached hydrogens (tertiary/aromatic N) is 1. The third kappa shape index (κ3) is 3.97. The fourth-order valence-corrected chi connectivity index (χ4v) is 3.86. The van der Waals surface area contributed by atoms with Gasteiger partial charge in [0.1, 0.15) is 11.8 Å². The summed E-state index contributed by atoms with van der Waals surface area (Å²) in [5, 5.41) is 0. The van der Waals surface area contributed by atoms with Crippen LogP contribution in [0.25, 0.3) is 0 Å². The average Bonchev–Trinajstić information content (AvgIpc) is 3.03. The van der Waals surface area contributed by atoms with E-state index < -0.39 is 5.97 Å². The molecule has 1 N–H and O–H groups in total. The first kappa shape index (κ1) is 20.1. The number of aromatic nitrogens is 1. The molecule has 1 aromatic heterocycles. The van der Waals surface area contributed by atoms with Crippen molar-refractivity contribution in [1.82, 2.24) is 9.88 Å². The summed E-state index contributed by atoms with van der Waals surface area (Å²) >= 11 is 0. The second kappa shape index (κ2) is 8.61. The maximum Gasteiger partial charge on any atom is 0.339 e. The molecule has 1 aromatic carbocycles. The Labute approximate surface area is 165 Å². The number of H-pyrrole nitrogens is 1. The molecule has 0 aliphatic carbocycles. The zero-order valence-electron chi connectivity index (χ0n) is 17.0. The lowest BCUT2D eigenvalue weighted by atomic mass is 10.0. The van der Waals surface area contributed by atoms with Crippen molar-refractivity contribution < 1.29 is 19.1 Å². The molecule has 0 radical (unpaired) electrons. The van der Waals surface area contributed by atoms with E-state index in [-0.39, 0.29) is 18.1 Å². The van der Waals surface area contributed by atoms with Gasteiger partial charge in [-0.1, -0.05) is 43.7 Å². The van der Waals surface area contributed by atoms with Crippen molar-refractivity contribution in [2.45, 2.75) is 45.8 Å². The number of carbonyl (C=O) groups is 2. The van der Waals surface area contributed by atoms with Crippen LogP contribution in [-0.4, -0.2) is 48.1 Å². The number of hydrogen-bond acceptors (Lipinski definition) is 4. The monoisotopic (exact) mass is 384 g/mol. The van der Waals surface area contributed by atoms with Crippen molar-refractivity contribution in [3.8, 4) is 0 Å². The van der Waals surface area contributed by atoms with E-state index in [0.29, 0.717) is 36.5 Å². The Kier molecular flexibility index (Phi) is 6.19. The highest BCUT2D eigenvalue weighted by Gasteiger charge is 2.33. The third-order valence-corrected chi connectivity index (χ3v) is 5.11. The van der Waals surface area contributed by atoms with E-state index in [4.69, 9.17) is 9.47 Å². The molecule has 1 aliphatic heterocycles. The van der Waals surface area contributed by atoms with Crippen molar-refractivity contribution in [2.24, 2.45) is 0 Å². The maximum absolute atomic E-state index is 13.4. The van der Waals surface area contributed by atoms with Crippen LogP contribution in [0.4, 0.5) is 0 Å². The molecule has 28 heavy (non-hydrogen) atoms. The quantitative estimate of drug-likeness (QED) is 0.799. The number of amides is 1. The van der Waals surface area contributed by atoms with Crippen LogP contribution in [0.2, 0.25) is 0 Å². The third-order valence-electron chi connectivity index (χ3n) is 5.11. The number of aryl methyl sites for hydroxylation is 1. The number of aromatic amines is 1. The Balaban J connectivity index is 1.91. The largest absolute Gasteiger partial charge is 0.465 e. The van der Waals surface area contributed by atoms with Crippen LogP contribution in [0.3, 0.4) is 0 Å². The fourth-order valence-electron chi connectivity index (χ4n) is 3.86. The molecule has 1 amide bonds. The second-order valence-corrected chi connectivity index (χ2v) is 7.28. The SMILES string of the molecule is CCCc1c(C(=O)N2CC(C)OC(c3ccccc3)C2)[nH]c(C)c1C(=O)OC. The number of nitrogens with one attached hydrogen (secondary N) is 1. The zero-order valence-corrected chi connectivity index (χ0v) is 17.0. The van der Waals surface area contributed by atoms with Gasteiger partial charge in [0.2, 0.25) is 0 Å². The molecule has 1 saturated heterocycles. The van der Waals surface area contributed by atoms with Gasteiger partial charge in [-0.15, -0.1) is 0 Å². The van der Waals surface area contributed by atoms with Gasteiger partial charge in [0.05, 0.1) is 25.3 Å². The number of carbonyl (C=O) groups excluding carboxylic acids is 2. The molecule has 2 heterocycles. The molecular formula is C22H28N2O4. The average molecular weight is 384 g/mol. The molecule has 0 bridgehead atoms. The highest BCUT2D eigenvalue weighted by molar-refractivity contribution is 6.00. The minimum absolute atomic E-state index is 0.0753. The molecule has 0 spiro atoms. The lowest BCUT2D eigenvalue weighted by Gasteiger charge is -2.37. The Hall–Kier alpha value is -2.60. The van der Waals surface area contributed by atoms with Gasteiger partial charge < -0.3 is 19.4 Å². The molecule has 3 rings (SSSR count). The lowest BCUT2D eigenvalue weighted by Crippen LogP contribution is -2.46. The van der Waals surface area contributed by atoms with Gasteiger partial charge in [0.25, 0.3) is 5.91 Å². The topological polar surface area (TPSA) is 71.6 Å². The zero-order chi connectivity index (χ0) is 20.3. The van der Waals surface area contributed by atoms with Crippen LogP contribution in [0.5, 0.6) is 0 Å². The first-order valence-corrected chi connectivity index (χ1v) is 9.75. The lowest BCUT2D eigenvalue weighted by molar-refractivity contribution is -0.0693. The van der Waals surface area contributed by atoms with Crippen LogP contribution in [0, 0.1) is 6.92 Å². The summed E-state index contributed by atoms with van der Waals surface area (Å²) in [5.74, 6) is -0.508. The summed E-state index contributed by atoms with van der Waals surface area (Å²) < 4.78 is 11.0. The van der Waals surface area contributed by atoms with Crippen LogP contribution < -0.4 is 0 Å². The molecular weight excluding hydrogens is 356 g/mol. The van der Waals surface area contributed by atoms with E-state index in [1.54, 1.807) is 6.92 Å². The van der Waals surface area contributed by atoms with Crippen LogP contribution in [0.15, 0.2) is 30.3 Å². The number of esters is 1. The number of benzene rings is 1. The summed E-state index contributed by atoms with van der Waals surface area (Å²) in [7, 11) is 1.36. The van der Waals surface area contributed by atoms with E-state index in [0.717, 1.165) is 17.5 Å². The number of ether oxygens (including phenoxy) is 2. The molecule has 1 fully saturated rings. The Bertz CT molecular complexity index is 844. The van der Waals surface area contributed by atoms with Gasteiger partial charge in [-0.2, -0.15) is 0 Å². The number of rotatable bonds is 5. The number of hydrogen-bond donors (Lipinski definition) is 1. The standard InChI is InChI=1S/C22H28N2O4/c1-5-9-17-19(22(26)27-4)15(3)23-20(17)21(25)24-12-14(2)28-18(13-24)16-10-7-6-8-11-16/h6-8,10-11,14,18,23H,5,9,12-13H2,1-4H3. The van der Waals surface area contributed by atoms with E-state index >= 15 is 0 Å². The van der Waals surface area contributed by atoms with Gasteiger partial charge in [-0.25, -0.2) is 4.79 Å². The molecule has 150 valence electrons. The number of methoxy groups -OCH3 is 1. The Morgan fingerprint density at radius 3 is 2.61 bits per heavy atom. The summed E-state index contributed by atoms with van der Waals surface area (Å²) in [4.78, 5) is 30.6. The van der Waals surface area contributed by atoms with Crippen LogP contribution in [-0.2, 0) is 15.9 Å². The van der Waals surface area contributed by atoms with Gasteiger partial charge in [0.15, 0.2) is 0 Å². The van der Waals surface area contributed by atoms with Crippen molar-refractivity contribution in [3.05, 3.63) is 58.4 Å². The first-order chi connectivity index (χ1) is 13.5. The molecule has 6 heteroatoms. The smallest absolute Gasteiger partial charge is 0.339 e. The van der Waals surface area contributed by atoms with Crippen molar-refractivity contribution in [2.75, 3.05) is 20.2 Å². The molecule has 2 aromatic rings. The fraction of sp³-hybridized carbons (Fsp3) is 0.455. The predicted octanol–water partition coefficient (Wildman–Crippen LogP) is 3.66.